The van der Waals surface area contributed by atoms with Crippen LogP contribution < -0.4 is 10.6 Å². The van der Waals surface area contributed by atoms with E-state index in [9.17, 15) is 14.4 Å². The van der Waals surface area contributed by atoms with E-state index in [0.717, 1.165) is 30.5 Å². The maximum absolute atomic E-state index is 12.9. The molecular formula is C26H32N4O3. The van der Waals surface area contributed by atoms with Gasteiger partial charge in [0.2, 0.25) is 11.8 Å². The van der Waals surface area contributed by atoms with Crippen LogP contribution in [0.25, 0.3) is 0 Å². The number of anilines is 1. The number of piperazine rings is 1. The van der Waals surface area contributed by atoms with Crippen molar-refractivity contribution in [3.63, 3.8) is 0 Å². The van der Waals surface area contributed by atoms with Crippen molar-refractivity contribution in [2.24, 2.45) is 0 Å². The first-order valence-electron chi connectivity index (χ1n) is 11.7. The van der Waals surface area contributed by atoms with Crippen LogP contribution in [0.15, 0.2) is 42.5 Å². The fourth-order valence-electron chi connectivity index (χ4n) is 4.97. The van der Waals surface area contributed by atoms with E-state index in [1.807, 2.05) is 35.2 Å². The van der Waals surface area contributed by atoms with Crippen LogP contribution in [-0.4, -0.2) is 60.7 Å². The van der Waals surface area contributed by atoms with Gasteiger partial charge in [-0.2, -0.15) is 0 Å². The molecule has 4 rings (SSSR count). The molecule has 2 aromatic carbocycles. The van der Waals surface area contributed by atoms with Crippen LogP contribution >= 0.6 is 0 Å². The van der Waals surface area contributed by atoms with Gasteiger partial charge in [0.1, 0.15) is 0 Å². The van der Waals surface area contributed by atoms with Crippen LogP contribution in [0.3, 0.4) is 0 Å². The molecule has 1 aliphatic carbocycles. The first-order chi connectivity index (χ1) is 16.0. The van der Waals surface area contributed by atoms with Crippen molar-refractivity contribution in [1.82, 2.24) is 15.1 Å². The number of benzene rings is 2. The number of hydrogen-bond acceptors (Lipinski definition) is 4. The summed E-state index contributed by atoms with van der Waals surface area (Å²) in [5.74, 6) is -0.210. The summed E-state index contributed by atoms with van der Waals surface area (Å²) in [4.78, 5) is 41.2. The van der Waals surface area contributed by atoms with E-state index in [4.69, 9.17) is 0 Å². The highest BCUT2D eigenvalue weighted by atomic mass is 16.2. The molecule has 1 saturated heterocycles. The predicted octanol–water partition coefficient (Wildman–Crippen LogP) is 2.77. The number of amides is 3. The number of fused-ring (bicyclic) bond motifs is 1. The van der Waals surface area contributed by atoms with Gasteiger partial charge in [-0.25, -0.2) is 0 Å². The van der Waals surface area contributed by atoms with Crippen LogP contribution in [0.1, 0.15) is 52.9 Å². The van der Waals surface area contributed by atoms with Crippen molar-refractivity contribution >= 4 is 23.4 Å². The van der Waals surface area contributed by atoms with Crippen LogP contribution in [-0.2, 0) is 22.4 Å². The Morgan fingerprint density at radius 3 is 2.61 bits per heavy atom. The smallest absolute Gasteiger partial charge is 0.251 e. The second-order valence-electron chi connectivity index (χ2n) is 8.87. The molecule has 2 aromatic rings. The van der Waals surface area contributed by atoms with Crippen LogP contribution in [0, 0.1) is 0 Å². The Balaban J connectivity index is 1.47. The maximum atomic E-state index is 12.9. The average molecular weight is 449 g/mol. The molecular weight excluding hydrogens is 416 g/mol. The van der Waals surface area contributed by atoms with Gasteiger partial charge in [-0.15, -0.1) is 0 Å². The maximum Gasteiger partial charge on any atom is 0.251 e. The number of aryl methyl sites for hydroxylation is 1. The molecule has 0 spiro atoms. The highest BCUT2D eigenvalue weighted by Crippen LogP contribution is 2.29. The largest absolute Gasteiger partial charge is 0.355 e. The van der Waals surface area contributed by atoms with Crippen molar-refractivity contribution < 1.29 is 14.4 Å². The monoisotopic (exact) mass is 448 g/mol. The third kappa shape index (κ3) is 5.25. The summed E-state index contributed by atoms with van der Waals surface area (Å²) in [7, 11) is 1.60. The van der Waals surface area contributed by atoms with Crippen molar-refractivity contribution in [1.29, 1.82) is 0 Å². The van der Waals surface area contributed by atoms with E-state index in [-0.39, 0.29) is 30.3 Å². The Morgan fingerprint density at radius 2 is 1.82 bits per heavy atom. The number of hydrogen-bond donors (Lipinski definition) is 2. The number of carbonyl (C=O) groups is 3. The number of carbonyl (C=O) groups excluding carboxylic acids is 3. The van der Waals surface area contributed by atoms with Gasteiger partial charge in [0.15, 0.2) is 0 Å². The summed E-state index contributed by atoms with van der Waals surface area (Å²) in [5, 5.41) is 5.77. The Hall–Kier alpha value is -3.19. The molecule has 1 unspecified atom stereocenters. The van der Waals surface area contributed by atoms with Gasteiger partial charge in [0.25, 0.3) is 5.91 Å². The summed E-state index contributed by atoms with van der Waals surface area (Å²) in [6.07, 6.45) is 4.44. The summed E-state index contributed by atoms with van der Waals surface area (Å²) < 4.78 is 0. The molecule has 0 bridgehead atoms. The standard InChI is InChI=1S/C26H32N4O3/c1-18(31)30-14-13-29(16-24(30)20-9-5-10-21(15-20)26(33)27-2)17-25(32)28-23-12-6-8-19-7-3-4-11-22(19)23/h5-6,8-10,12,15,24H,3-4,7,11,13-14,16-17H2,1-2H3,(H,27,33)(H,28,32). The van der Waals surface area contributed by atoms with Gasteiger partial charge < -0.3 is 15.5 Å². The minimum Gasteiger partial charge on any atom is -0.355 e. The van der Waals surface area contributed by atoms with Crippen molar-refractivity contribution in [3.05, 3.63) is 64.7 Å². The Bertz CT molecular complexity index is 1050. The van der Waals surface area contributed by atoms with Crippen LogP contribution in [0.5, 0.6) is 0 Å². The molecule has 0 saturated carbocycles. The molecule has 3 amide bonds. The number of rotatable bonds is 5. The lowest BCUT2D eigenvalue weighted by Gasteiger charge is -2.41. The van der Waals surface area contributed by atoms with Gasteiger partial charge >= 0.3 is 0 Å². The molecule has 7 heteroatoms. The second-order valence-corrected chi connectivity index (χ2v) is 8.87. The summed E-state index contributed by atoms with van der Waals surface area (Å²) >= 11 is 0. The summed E-state index contributed by atoms with van der Waals surface area (Å²) in [6, 6.07) is 13.3. The third-order valence-corrected chi connectivity index (χ3v) is 6.67. The Kier molecular flexibility index (Phi) is 7.08. The zero-order chi connectivity index (χ0) is 23.4. The highest BCUT2D eigenvalue weighted by Gasteiger charge is 2.31. The molecule has 1 aliphatic heterocycles. The quantitative estimate of drug-likeness (QED) is 0.737. The van der Waals surface area contributed by atoms with Gasteiger partial charge in [-0.3, -0.25) is 19.3 Å². The molecule has 0 radical (unpaired) electrons. The summed E-state index contributed by atoms with van der Waals surface area (Å²) in [6.45, 7) is 3.54. The fourth-order valence-corrected chi connectivity index (χ4v) is 4.97. The highest BCUT2D eigenvalue weighted by molar-refractivity contribution is 5.94. The van der Waals surface area contributed by atoms with E-state index in [1.54, 1.807) is 20.0 Å². The molecule has 7 nitrogen and oxygen atoms in total. The molecule has 33 heavy (non-hydrogen) atoms. The Labute approximate surface area is 195 Å². The summed E-state index contributed by atoms with van der Waals surface area (Å²) in [5.41, 5.74) is 4.98. The molecule has 174 valence electrons. The van der Waals surface area contributed by atoms with E-state index in [2.05, 4.69) is 21.6 Å². The Morgan fingerprint density at radius 1 is 1.03 bits per heavy atom. The lowest BCUT2D eigenvalue weighted by Crippen LogP contribution is -2.51. The predicted molar refractivity (Wildman–Crippen MR) is 128 cm³/mol. The molecule has 1 heterocycles. The van der Waals surface area contributed by atoms with Crippen molar-refractivity contribution in [2.45, 2.75) is 38.6 Å². The van der Waals surface area contributed by atoms with E-state index < -0.39 is 0 Å². The number of nitrogens with zero attached hydrogens (tertiary/aromatic N) is 2. The topological polar surface area (TPSA) is 81.8 Å². The minimum absolute atomic E-state index is 0.00892. The average Bonchev–Trinajstić information content (AvgIpc) is 2.83. The minimum atomic E-state index is -0.210. The van der Waals surface area contributed by atoms with Crippen molar-refractivity contribution in [2.75, 3.05) is 38.5 Å². The van der Waals surface area contributed by atoms with Gasteiger partial charge in [-0.05, 0) is 60.6 Å². The molecule has 0 aromatic heterocycles. The molecule has 2 aliphatic rings. The SMILES string of the molecule is CNC(=O)c1cccc(C2CN(CC(=O)Nc3cccc4c3CCCC4)CCN2C(C)=O)c1. The molecule has 2 N–H and O–H groups in total. The molecule has 1 fully saturated rings. The van der Waals surface area contributed by atoms with Gasteiger partial charge in [0.05, 0.1) is 12.6 Å². The molecule has 1 atom stereocenters. The zero-order valence-electron chi connectivity index (χ0n) is 19.4. The van der Waals surface area contributed by atoms with Crippen LogP contribution in [0.2, 0.25) is 0 Å². The van der Waals surface area contributed by atoms with Crippen LogP contribution in [0.4, 0.5) is 5.69 Å². The number of nitrogens with one attached hydrogen (secondary N) is 2. The second kappa shape index (κ2) is 10.2. The zero-order valence-corrected chi connectivity index (χ0v) is 19.4. The first-order valence-corrected chi connectivity index (χ1v) is 11.7. The third-order valence-electron chi connectivity index (χ3n) is 6.67. The normalized spacial score (nSPS) is 18.4. The first kappa shape index (κ1) is 23.0. The van der Waals surface area contributed by atoms with E-state index in [1.165, 1.54) is 17.5 Å². The van der Waals surface area contributed by atoms with Gasteiger partial charge in [-0.1, -0.05) is 24.3 Å². The lowest BCUT2D eigenvalue weighted by atomic mass is 9.90. The fraction of sp³-hybridized carbons (Fsp3) is 0.423. The van der Waals surface area contributed by atoms with Gasteiger partial charge in [0, 0.05) is 44.9 Å². The van der Waals surface area contributed by atoms with E-state index >= 15 is 0 Å². The van der Waals surface area contributed by atoms with E-state index in [0.29, 0.717) is 25.2 Å². The van der Waals surface area contributed by atoms with Crippen molar-refractivity contribution in [3.8, 4) is 0 Å². The lowest BCUT2D eigenvalue weighted by molar-refractivity contribution is -0.134.